The summed E-state index contributed by atoms with van der Waals surface area (Å²) in [4.78, 5) is 30.1. The van der Waals surface area contributed by atoms with Crippen molar-refractivity contribution in [1.29, 1.82) is 0 Å². The Kier molecular flexibility index (Phi) is 4.32. The minimum absolute atomic E-state index is 0.150. The van der Waals surface area contributed by atoms with Gasteiger partial charge < -0.3 is 10.2 Å². The third-order valence-electron chi connectivity index (χ3n) is 3.63. The Balaban J connectivity index is 1.83. The van der Waals surface area contributed by atoms with E-state index in [0.717, 1.165) is 11.3 Å². The zero-order chi connectivity index (χ0) is 16.6. The van der Waals surface area contributed by atoms with Gasteiger partial charge >= 0.3 is 0 Å². The highest BCUT2D eigenvalue weighted by Gasteiger charge is 2.32. The Bertz CT molecular complexity index is 760. The summed E-state index contributed by atoms with van der Waals surface area (Å²) in [6, 6.07) is 3.65. The van der Waals surface area contributed by atoms with E-state index in [4.69, 9.17) is 11.6 Å². The highest BCUT2D eigenvalue weighted by Crippen LogP contribution is 2.29. The molecule has 120 valence electrons. The van der Waals surface area contributed by atoms with Crippen LogP contribution in [0.15, 0.2) is 24.4 Å². The molecule has 1 aliphatic rings. The molecule has 1 N–H and O–H groups in total. The van der Waals surface area contributed by atoms with Crippen LogP contribution in [0.5, 0.6) is 0 Å². The number of nitrogens with zero attached hydrogens (tertiary/aromatic N) is 2. The normalized spacial score (nSPS) is 17.2. The number of halogens is 2. The van der Waals surface area contributed by atoms with E-state index >= 15 is 0 Å². The molecular weight excluding hydrogens is 341 g/mol. The monoisotopic (exact) mass is 353 g/mol. The van der Waals surface area contributed by atoms with Crippen molar-refractivity contribution in [3.63, 3.8) is 0 Å². The quantitative estimate of drug-likeness (QED) is 0.922. The van der Waals surface area contributed by atoms with E-state index < -0.39 is 11.9 Å². The van der Waals surface area contributed by atoms with Crippen LogP contribution in [0.2, 0.25) is 5.02 Å². The summed E-state index contributed by atoms with van der Waals surface area (Å²) >= 11 is 6.98. The summed E-state index contributed by atoms with van der Waals surface area (Å²) in [5, 5.41) is 3.46. The van der Waals surface area contributed by atoms with Crippen LogP contribution in [0.25, 0.3) is 10.6 Å². The highest BCUT2D eigenvalue weighted by molar-refractivity contribution is 7.16. The molecule has 1 unspecified atom stereocenters. The number of carbonyl (C=O) groups is 2. The minimum atomic E-state index is -0.463. The maximum absolute atomic E-state index is 13.4. The van der Waals surface area contributed by atoms with Crippen molar-refractivity contribution in [2.45, 2.75) is 12.5 Å². The predicted octanol–water partition coefficient (Wildman–Crippen LogP) is 2.56. The molecule has 2 heterocycles. The maximum Gasteiger partial charge on any atom is 0.266 e. The van der Waals surface area contributed by atoms with Crippen molar-refractivity contribution in [2.24, 2.45) is 0 Å². The number of hydrogen-bond donors (Lipinski definition) is 1. The molecule has 2 aromatic rings. The van der Waals surface area contributed by atoms with Crippen molar-refractivity contribution in [2.75, 3.05) is 13.6 Å². The first-order valence-corrected chi connectivity index (χ1v) is 8.12. The SMILES string of the molecule is CN(C(=O)c1cnc(-c2cc(F)cc(Cl)c2)s1)C1CCNC1=O. The van der Waals surface area contributed by atoms with E-state index in [0.29, 0.717) is 28.4 Å². The first kappa shape index (κ1) is 15.9. The number of rotatable bonds is 3. The fourth-order valence-corrected chi connectivity index (χ4v) is 3.56. The molecule has 0 spiro atoms. The molecule has 1 saturated heterocycles. The third-order valence-corrected chi connectivity index (χ3v) is 4.89. The molecule has 5 nitrogen and oxygen atoms in total. The van der Waals surface area contributed by atoms with Gasteiger partial charge in [-0.05, 0) is 24.6 Å². The zero-order valence-corrected chi connectivity index (χ0v) is 13.7. The Morgan fingerprint density at radius 2 is 2.26 bits per heavy atom. The molecule has 1 fully saturated rings. The van der Waals surface area contributed by atoms with Crippen LogP contribution in [0.4, 0.5) is 4.39 Å². The van der Waals surface area contributed by atoms with Gasteiger partial charge in [0.25, 0.3) is 5.91 Å². The van der Waals surface area contributed by atoms with Gasteiger partial charge in [-0.1, -0.05) is 11.6 Å². The summed E-state index contributed by atoms with van der Waals surface area (Å²) in [7, 11) is 1.59. The molecule has 1 aromatic carbocycles. The average Bonchev–Trinajstić information content (AvgIpc) is 3.13. The molecule has 23 heavy (non-hydrogen) atoms. The van der Waals surface area contributed by atoms with Crippen LogP contribution in [0.1, 0.15) is 16.1 Å². The molecule has 8 heteroatoms. The van der Waals surface area contributed by atoms with E-state index in [9.17, 15) is 14.0 Å². The standard InChI is InChI=1S/C15H13ClFN3O2S/c1-20(11-2-3-18-13(11)21)15(22)12-7-19-14(23-12)8-4-9(16)6-10(17)5-8/h4-7,11H,2-3H2,1H3,(H,18,21). The second kappa shape index (κ2) is 6.25. The second-order valence-electron chi connectivity index (χ2n) is 5.20. The largest absolute Gasteiger partial charge is 0.354 e. The van der Waals surface area contributed by atoms with E-state index in [1.54, 1.807) is 13.1 Å². The van der Waals surface area contributed by atoms with Gasteiger partial charge in [0.2, 0.25) is 5.91 Å². The lowest BCUT2D eigenvalue weighted by atomic mass is 10.2. The molecule has 0 aliphatic carbocycles. The van der Waals surface area contributed by atoms with E-state index in [2.05, 4.69) is 10.3 Å². The first-order valence-electron chi connectivity index (χ1n) is 6.93. The topological polar surface area (TPSA) is 62.3 Å². The van der Waals surface area contributed by atoms with Gasteiger partial charge in [-0.2, -0.15) is 0 Å². The Morgan fingerprint density at radius 3 is 2.91 bits per heavy atom. The van der Waals surface area contributed by atoms with Crippen molar-refractivity contribution >= 4 is 34.8 Å². The molecule has 0 saturated carbocycles. The highest BCUT2D eigenvalue weighted by atomic mass is 35.5. The van der Waals surface area contributed by atoms with E-state index in [1.165, 1.54) is 23.2 Å². The number of likely N-dealkylation sites (N-methyl/N-ethyl adjacent to an activating group) is 1. The van der Waals surface area contributed by atoms with Crippen molar-refractivity contribution in [3.05, 3.63) is 40.1 Å². The lowest BCUT2D eigenvalue weighted by molar-refractivity contribution is -0.122. The zero-order valence-electron chi connectivity index (χ0n) is 12.2. The number of benzene rings is 1. The van der Waals surface area contributed by atoms with Crippen LogP contribution < -0.4 is 5.32 Å². The molecule has 3 rings (SSSR count). The molecule has 0 bridgehead atoms. The Hall–Kier alpha value is -1.99. The van der Waals surface area contributed by atoms with Crippen molar-refractivity contribution in [1.82, 2.24) is 15.2 Å². The van der Waals surface area contributed by atoms with Crippen molar-refractivity contribution < 1.29 is 14.0 Å². The number of thiazole rings is 1. The summed E-state index contributed by atoms with van der Waals surface area (Å²) < 4.78 is 13.4. The molecule has 0 radical (unpaired) electrons. The molecule has 2 amide bonds. The number of amides is 2. The number of nitrogens with one attached hydrogen (secondary N) is 1. The molecule has 1 atom stereocenters. The maximum atomic E-state index is 13.4. The van der Waals surface area contributed by atoms with Gasteiger partial charge in [0, 0.05) is 24.2 Å². The fraction of sp³-hybridized carbons (Fsp3) is 0.267. The number of aromatic nitrogens is 1. The number of hydrogen-bond acceptors (Lipinski definition) is 4. The summed E-state index contributed by atoms with van der Waals surface area (Å²) in [5.41, 5.74) is 0.514. The molecule has 1 aromatic heterocycles. The molecule has 1 aliphatic heterocycles. The summed E-state index contributed by atoms with van der Waals surface area (Å²) in [6.45, 7) is 0.566. The summed E-state index contributed by atoms with van der Waals surface area (Å²) in [5.74, 6) is -0.892. The predicted molar refractivity (Wildman–Crippen MR) is 86.0 cm³/mol. The summed E-state index contributed by atoms with van der Waals surface area (Å²) in [6.07, 6.45) is 2.02. The van der Waals surface area contributed by atoms with Crippen molar-refractivity contribution in [3.8, 4) is 10.6 Å². The Labute approximate surface area is 141 Å². The molecular formula is C15H13ClFN3O2S. The van der Waals surface area contributed by atoms with Gasteiger partial charge in [0.15, 0.2) is 0 Å². The van der Waals surface area contributed by atoms with Crippen LogP contribution in [0.3, 0.4) is 0 Å². The van der Waals surface area contributed by atoms with E-state index in [-0.39, 0.29) is 16.8 Å². The number of carbonyl (C=O) groups excluding carboxylic acids is 2. The van der Waals surface area contributed by atoms with Crippen LogP contribution in [-0.2, 0) is 4.79 Å². The van der Waals surface area contributed by atoms with Gasteiger partial charge in [-0.15, -0.1) is 11.3 Å². The third kappa shape index (κ3) is 3.20. The van der Waals surface area contributed by atoms with Crippen LogP contribution >= 0.6 is 22.9 Å². The average molecular weight is 354 g/mol. The van der Waals surface area contributed by atoms with Gasteiger partial charge in [0.05, 0.1) is 6.20 Å². The lowest BCUT2D eigenvalue weighted by Crippen LogP contribution is -2.41. The Morgan fingerprint density at radius 1 is 1.48 bits per heavy atom. The van der Waals surface area contributed by atoms with Crippen LogP contribution in [-0.4, -0.2) is 41.3 Å². The minimum Gasteiger partial charge on any atom is -0.354 e. The second-order valence-corrected chi connectivity index (χ2v) is 6.67. The lowest BCUT2D eigenvalue weighted by Gasteiger charge is -2.21. The van der Waals surface area contributed by atoms with Gasteiger partial charge in [-0.25, -0.2) is 9.37 Å². The van der Waals surface area contributed by atoms with E-state index in [1.807, 2.05) is 0 Å². The van der Waals surface area contributed by atoms with Gasteiger partial charge in [0.1, 0.15) is 21.7 Å². The smallest absolute Gasteiger partial charge is 0.266 e. The first-order chi connectivity index (χ1) is 11.0. The van der Waals surface area contributed by atoms with Crippen LogP contribution in [0, 0.1) is 5.82 Å². The van der Waals surface area contributed by atoms with Gasteiger partial charge in [-0.3, -0.25) is 9.59 Å². The fourth-order valence-electron chi connectivity index (χ4n) is 2.45.